The molecule has 0 amide bonds. The Labute approximate surface area is 291 Å². The van der Waals surface area contributed by atoms with Crippen LogP contribution in [0.3, 0.4) is 0 Å². The summed E-state index contributed by atoms with van der Waals surface area (Å²) in [7, 11) is -4.77. The minimum absolute atomic E-state index is 0.123. The summed E-state index contributed by atoms with van der Waals surface area (Å²) in [5, 5.41) is 9.24. The van der Waals surface area contributed by atoms with Crippen LogP contribution in [0.25, 0.3) is 0 Å². The SMILES string of the molecule is CC(C)CCCCCCCCCCCC(=O)OC[C@H](COP(=O)(O)O)OC(=O)CCC/C=C\C/C=C\C/C=C\C/C=C\CCC[C@H](C)O. The first-order valence-corrected chi connectivity index (χ1v) is 19.9. The van der Waals surface area contributed by atoms with Gasteiger partial charge >= 0.3 is 19.8 Å². The molecule has 2 atom stereocenters. The average Bonchev–Trinajstić information content (AvgIpc) is 3.01. The van der Waals surface area contributed by atoms with Crippen molar-refractivity contribution in [3.8, 4) is 0 Å². The first-order chi connectivity index (χ1) is 23.0. The van der Waals surface area contributed by atoms with Gasteiger partial charge in [0.05, 0.1) is 12.7 Å². The summed E-state index contributed by atoms with van der Waals surface area (Å²) in [4.78, 5) is 42.6. The lowest BCUT2D eigenvalue weighted by Gasteiger charge is -2.18. The van der Waals surface area contributed by atoms with E-state index in [1.807, 2.05) is 19.1 Å². The highest BCUT2D eigenvalue weighted by Crippen LogP contribution is 2.36. The van der Waals surface area contributed by atoms with Crippen LogP contribution < -0.4 is 0 Å². The Hall–Kier alpha value is -2.03. The summed E-state index contributed by atoms with van der Waals surface area (Å²) in [6.45, 7) is 5.46. The number of rotatable bonds is 32. The molecule has 0 heterocycles. The van der Waals surface area contributed by atoms with E-state index in [2.05, 4.69) is 54.8 Å². The highest BCUT2D eigenvalue weighted by molar-refractivity contribution is 7.46. The molecule has 0 aromatic rings. The van der Waals surface area contributed by atoms with Crippen molar-refractivity contribution in [3.05, 3.63) is 48.6 Å². The zero-order valence-electron chi connectivity index (χ0n) is 30.1. The molecule has 0 bridgehead atoms. The molecule has 0 rings (SSSR count). The average molecular weight is 699 g/mol. The molecule has 0 aliphatic carbocycles. The predicted octanol–water partition coefficient (Wildman–Crippen LogP) is 9.61. The van der Waals surface area contributed by atoms with Crippen LogP contribution in [-0.4, -0.2) is 52.3 Å². The largest absolute Gasteiger partial charge is 0.469 e. The number of unbranched alkanes of at least 4 members (excludes halogenated alkanes) is 10. The lowest BCUT2D eigenvalue weighted by atomic mass is 10.0. The lowest BCUT2D eigenvalue weighted by molar-refractivity contribution is -0.161. The van der Waals surface area contributed by atoms with Crippen LogP contribution in [0.1, 0.15) is 149 Å². The molecule has 0 aromatic carbocycles. The van der Waals surface area contributed by atoms with Crippen molar-refractivity contribution in [2.45, 2.75) is 161 Å². The van der Waals surface area contributed by atoms with Gasteiger partial charge in [0.15, 0.2) is 6.10 Å². The van der Waals surface area contributed by atoms with Crippen LogP contribution in [0.2, 0.25) is 0 Å². The molecule has 0 aliphatic rings. The molecule has 0 spiro atoms. The fourth-order valence-corrected chi connectivity index (χ4v) is 5.16. The van der Waals surface area contributed by atoms with Gasteiger partial charge in [0.2, 0.25) is 0 Å². The predicted molar refractivity (Wildman–Crippen MR) is 194 cm³/mol. The Bertz CT molecular complexity index is 950. The molecule has 0 saturated heterocycles. The molecule has 48 heavy (non-hydrogen) atoms. The molecule has 278 valence electrons. The van der Waals surface area contributed by atoms with Gasteiger partial charge in [-0.3, -0.25) is 14.1 Å². The Morgan fingerprint density at radius 2 is 1.08 bits per heavy atom. The van der Waals surface area contributed by atoms with Crippen LogP contribution in [0, 0.1) is 5.92 Å². The maximum absolute atomic E-state index is 12.3. The number of ether oxygens (including phenoxy) is 2. The minimum atomic E-state index is -4.77. The molecule has 9 nitrogen and oxygen atoms in total. The summed E-state index contributed by atoms with van der Waals surface area (Å²) < 4.78 is 26.2. The fraction of sp³-hybridized carbons (Fsp3) is 0.737. The minimum Gasteiger partial charge on any atom is -0.462 e. The lowest BCUT2D eigenvalue weighted by Crippen LogP contribution is -2.29. The molecule has 0 aromatic heterocycles. The van der Waals surface area contributed by atoms with E-state index in [-0.39, 0.29) is 25.6 Å². The molecular weight excluding hydrogens is 631 g/mol. The molecule has 0 radical (unpaired) electrons. The normalized spacial score (nSPS) is 13.8. The van der Waals surface area contributed by atoms with E-state index in [0.717, 1.165) is 63.7 Å². The molecule has 3 N–H and O–H groups in total. The zero-order chi connectivity index (χ0) is 35.7. The molecule has 0 aliphatic heterocycles. The first-order valence-electron chi connectivity index (χ1n) is 18.3. The smallest absolute Gasteiger partial charge is 0.462 e. The van der Waals surface area contributed by atoms with Gasteiger partial charge in [-0.15, -0.1) is 0 Å². The number of carbonyl (C=O) groups excluding carboxylic acids is 2. The molecule has 10 heteroatoms. The second-order valence-corrected chi connectivity index (χ2v) is 14.2. The van der Waals surface area contributed by atoms with Gasteiger partial charge in [-0.05, 0) is 70.6 Å². The summed E-state index contributed by atoms with van der Waals surface area (Å²) in [6.07, 6.45) is 34.1. The molecular formula is C38H67O9P. The quantitative estimate of drug-likeness (QED) is 0.0271. The van der Waals surface area contributed by atoms with E-state index >= 15 is 0 Å². The van der Waals surface area contributed by atoms with Gasteiger partial charge in [-0.1, -0.05) is 120 Å². The van der Waals surface area contributed by atoms with Crippen molar-refractivity contribution in [1.29, 1.82) is 0 Å². The fourth-order valence-electron chi connectivity index (χ4n) is 4.80. The van der Waals surface area contributed by atoms with E-state index in [1.165, 1.54) is 38.5 Å². The third-order valence-electron chi connectivity index (χ3n) is 7.55. The number of allylic oxidation sites excluding steroid dienone is 8. The van der Waals surface area contributed by atoms with Gasteiger partial charge < -0.3 is 24.4 Å². The first kappa shape index (κ1) is 46.0. The number of phosphoric acid groups is 1. The van der Waals surface area contributed by atoms with Crippen molar-refractivity contribution in [1.82, 2.24) is 0 Å². The maximum Gasteiger partial charge on any atom is 0.469 e. The number of aliphatic hydroxyl groups excluding tert-OH is 1. The number of esters is 2. The number of phosphoric ester groups is 1. The van der Waals surface area contributed by atoms with Crippen LogP contribution in [0.5, 0.6) is 0 Å². The number of aliphatic hydroxyl groups is 1. The third-order valence-corrected chi connectivity index (χ3v) is 8.03. The second-order valence-electron chi connectivity index (χ2n) is 13.0. The van der Waals surface area contributed by atoms with Crippen molar-refractivity contribution >= 4 is 19.8 Å². The Morgan fingerprint density at radius 1 is 0.604 bits per heavy atom. The second kappa shape index (κ2) is 32.2. The van der Waals surface area contributed by atoms with E-state index in [0.29, 0.717) is 19.3 Å². The van der Waals surface area contributed by atoms with Crippen molar-refractivity contribution in [3.63, 3.8) is 0 Å². The van der Waals surface area contributed by atoms with Gasteiger partial charge in [0.25, 0.3) is 0 Å². The van der Waals surface area contributed by atoms with Crippen molar-refractivity contribution in [2.75, 3.05) is 13.2 Å². The summed E-state index contributed by atoms with van der Waals surface area (Å²) in [5.41, 5.74) is 0. The van der Waals surface area contributed by atoms with Crippen LogP contribution in [-0.2, 0) is 28.2 Å². The van der Waals surface area contributed by atoms with Gasteiger partial charge in [0.1, 0.15) is 6.61 Å². The molecule has 0 saturated carbocycles. The zero-order valence-corrected chi connectivity index (χ0v) is 31.0. The summed E-state index contributed by atoms with van der Waals surface area (Å²) in [5.74, 6) is -0.190. The van der Waals surface area contributed by atoms with Crippen LogP contribution >= 0.6 is 7.82 Å². The number of hydrogen-bond acceptors (Lipinski definition) is 7. The topological polar surface area (TPSA) is 140 Å². The third kappa shape index (κ3) is 36.8. The maximum atomic E-state index is 12.3. The van der Waals surface area contributed by atoms with Gasteiger partial charge in [0, 0.05) is 12.8 Å². The molecule has 0 fully saturated rings. The van der Waals surface area contributed by atoms with E-state index in [1.54, 1.807) is 0 Å². The standard InChI is InChI=1S/C38H67O9P/c1-34(2)28-24-20-16-12-11-15-18-22-26-30-37(40)45-32-36(33-46-48(42,43)44)47-38(41)31-27-23-19-14-10-8-6-4-5-7-9-13-17-21-25-29-35(3)39/h5-8,13-14,17,19,34-36,39H,4,9-12,15-16,18,20-33H2,1-3H3,(H2,42,43,44)/b7-5-,8-6-,17-13-,19-14-/t35-,36+/m0/s1. The van der Waals surface area contributed by atoms with Crippen molar-refractivity contribution < 1.29 is 43.0 Å². The van der Waals surface area contributed by atoms with Gasteiger partial charge in [-0.2, -0.15) is 0 Å². The Morgan fingerprint density at radius 3 is 1.60 bits per heavy atom. The molecule has 0 unspecified atom stereocenters. The Kier molecular flexibility index (Phi) is 30.8. The summed E-state index contributed by atoms with van der Waals surface area (Å²) >= 11 is 0. The Balaban J connectivity index is 4.10. The van der Waals surface area contributed by atoms with E-state index < -0.39 is 32.5 Å². The number of carbonyl (C=O) groups is 2. The van der Waals surface area contributed by atoms with Crippen LogP contribution in [0.4, 0.5) is 0 Å². The number of hydrogen-bond donors (Lipinski definition) is 3. The van der Waals surface area contributed by atoms with E-state index in [9.17, 15) is 19.3 Å². The highest BCUT2D eigenvalue weighted by atomic mass is 31.2. The van der Waals surface area contributed by atoms with Gasteiger partial charge in [-0.25, -0.2) is 4.57 Å². The van der Waals surface area contributed by atoms with E-state index in [4.69, 9.17) is 19.3 Å². The highest BCUT2D eigenvalue weighted by Gasteiger charge is 2.22. The van der Waals surface area contributed by atoms with Crippen LogP contribution in [0.15, 0.2) is 48.6 Å². The van der Waals surface area contributed by atoms with Crippen molar-refractivity contribution in [2.24, 2.45) is 5.92 Å². The summed E-state index contributed by atoms with van der Waals surface area (Å²) in [6, 6.07) is 0. The monoisotopic (exact) mass is 698 g/mol.